The predicted octanol–water partition coefficient (Wildman–Crippen LogP) is 2.08. The van der Waals surface area contributed by atoms with Crippen LogP contribution in [0, 0.1) is 0 Å². The van der Waals surface area contributed by atoms with Crippen LogP contribution in [0.1, 0.15) is 17.2 Å². The minimum Gasteiger partial charge on any atom is -0.489 e. The monoisotopic (exact) mass is 351 g/mol. The summed E-state index contributed by atoms with van der Waals surface area (Å²) in [5.74, 6) is -0.586. The maximum absolute atomic E-state index is 12.1. The van der Waals surface area contributed by atoms with E-state index >= 15 is 0 Å². The lowest BCUT2D eigenvalue weighted by atomic mass is 10.1. The molecule has 3 aromatic rings. The summed E-state index contributed by atoms with van der Waals surface area (Å²) in [7, 11) is 0. The van der Waals surface area contributed by atoms with Gasteiger partial charge in [-0.15, -0.1) is 0 Å². The molecule has 0 saturated heterocycles. The average molecular weight is 351 g/mol. The van der Waals surface area contributed by atoms with Gasteiger partial charge in [0.25, 0.3) is 5.56 Å². The first kappa shape index (κ1) is 17.2. The summed E-state index contributed by atoms with van der Waals surface area (Å²) in [6, 6.07) is 15.0. The lowest BCUT2D eigenvalue weighted by Gasteiger charge is -2.16. The molecule has 26 heavy (non-hydrogen) atoms. The van der Waals surface area contributed by atoms with Crippen LogP contribution in [-0.2, 0) is 11.4 Å². The number of ether oxygens (including phenoxy) is 1. The van der Waals surface area contributed by atoms with Crippen molar-refractivity contribution >= 4 is 11.7 Å². The van der Waals surface area contributed by atoms with Crippen LogP contribution in [0.25, 0.3) is 0 Å². The maximum Gasteiger partial charge on any atom is 0.331 e. The number of benzene rings is 2. The van der Waals surface area contributed by atoms with Gasteiger partial charge < -0.3 is 15.6 Å². The fourth-order valence-corrected chi connectivity index (χ4v) is 2.54. The molecule has 0 saturated carbocycles. The summed E-state index contributed by atoms with van der Waals surface area (Å²) in [4.78, 5) is 27.6. The first-order chi connectivity index (χ1) is 12.6. The molecule has 0 fully saturated rings. The molecule has 1 atom stereocenters. The van der Waals surface area contributed by atoms with Crippen molar-refractivity contribution in [2.45, 2.75) is 12.6 Å². The molecule has 3 N–H and O–H groups in total. The Morgan fingerprint density at radius 2 is 1.85 bits per heavy atom. The molecular formula is C19H17N3O4. The summed E-state index contributed by atoms with van der Waals surface area (Å²) in [6.07, 6.45) is 2.36. The Bertz CT molecular complexity index is 953. The normalized spacial score (nSPS) is 11.7. The molecule has 7 heteroatoms. The van der Waals surface area contributed by atoms with E-state index in [4.69, 9.17) is 10.5 Å². The minimum absolute atomic E-state index is 0.110. The summed E-state index contributed by atoms with van der Waals surface area (Å²) in [5, 5.41) is 9.56. The van der Waals surface area contributed by atoms with Crippen LogP contribution in [0.3, 0.4) is 0 Å². The van der Waals surface area contributed by atoms with Gasteiger partial charge in [-0.3, -0.25) is 9.36 Å². The second-order valence-corrected chi connectivity index (χ2v) is 5.65. The smallest absolute Gasteiger partial charge is 0.331 e. The molecule has 132 valence electrons. The fraction of sp³-hybridized carbons (Fsp3) is 0.105. The van der Waals surface area contributed by atoms with Gasteiger partial charge in [-0.2, -0.15) is 0 Å². The number of carboxylic acid groups (broad SMARTS) is 1. The quantitative estimate of drug-likeness (QED) is 0.704. The van der Waals surface area contributed by atoms with Gasteiger partial charge in [0, 0.05) is 0 Å². The minimum atomic E-state index is -1.22. The number of nitrogens with zero attached hydrogens (tertiary/aromatic N) is 2. The third-order valence-electron chi connectivity index (χ3n) is 3.84. The molecule has 0 aliphatic carbocycles. The number of aromatic nitrogens is 2. The Balaban J connectivity index is 1.82. The molecule has 2 aromatic carbocycles. The van der Waals surface area contributed by atoms with Crippen LogP contribution in [0.4, 0.5) is 5.69 Å². The largest absolute Gasteiger partial charge is 0.489 e. The summed E-state index contributed by atoms with van der Waals surface area (Å²) in [6.45, 7) is 0.404. The van der Waals surface area contributed by atoms with Crippen LogP contribution < -0.4 is 16.0 Å². The van der Waals surface area contributed by atoms with Crippen LogP contribution in [0.2, 0.25) is 0 Å². The molecule has 3 rings (SSSR count). The molecular weight excluding hydrogens is 334 g/mol. The number of carboxylic acids is 1. The van der Waals surface area contributed by atoms with E-state index in [1.807, 2.05) is 30.3 Å². The number of nitrogen functional groups attached to an aromatic ring is 1. The molecule has 0 bridgehead atoms. The zero-order valence-corrected chi connectivity index (χ0v) is 13.8. The first-order valence-electron chi connectivity index (χ1n) is 7.87. The molecule has 1 aromatic heterocycles. The highest BCUT2D eigenvalue weighted by Crippen LogP contribution is 2.21. The van der Waals surface area contributed by atoms with Gasteiger partial charge in [-0.05, 0) is 23.3 Å². The van der Waals surface area contributed by atoms with E-state index in [1.165, 1.54) is 6.20 Å². The van der Waals surface area contributed by atoms with Gasteiger partial charge in [0.2, 0.25) is 0 Å². The highest BCUT2D eigenvalue weighted by Gasteiger charge is 2.23. The van der Waals surface area contributed by atoms with Crippen molar-refractivity contribution in [2.24, 2.45) is 0 Å². The number of anilines is 1. The summed E-state index contributed by atoms with van der Waals surface area (Å²) < 4.78 is 6.69. The second kappa shape index (κ2) is 7.52. The van der Waals surface area contributed by atoms with E-state index < -0.39 is 17.6 Å². The maximum atomic E-state index is 12.1. The van der Waals surface area contributed by atoms with Crippen molar-refractivity contribution in [1.29, 1.82) is 0 Å². The van der Waals surface area contributed by atoms with Gasteiger partial charge in [0.15, 0.2) is 6.04 Å². The predicted molar refractivity (Wildman–Crippen MR) is 95.9 cm³/mol. The molecule has 0 aliphatic rings. The molecule has 1 unspecified atom stereocenters. The number of carbonyl (C=O) groups is 1. The van der Waals surface area contributed by atoms with Crippen LogP contribution in [0.5, 0.6) is 5.75 Å². The number of nitrogens with two attached hydrogens (primary N) is 1. The number of aliphatic carboxylic acids is 1. The second-order valence-electron chi connectivity index (χ2n) is 5.65. The van der Waals surface area contributed by atoms with E-state index in [9.17, 15) is 14.7 Å². The Morgan fingerprint density at radius 3 is 2.50 bits per heavy atom. The standard InChI is InChI=1S/C19H17N3O4/c20-16-10-21-12-22(18(16)23)17(19(24)25)14-6-8-15(9-7-14)26-11-13-4-2-1-3-5-13/h1-10,12,17H,11,20H2,(H,24,25). The molecule has 0 amide bonds. The van der Waals surface area contributed by atoms with E-state index in [1.54, 1.807) is 24.3 Å². The first-order valence-corrected chi connectivity index (χ1v) is 7.87. The van der Waals surface area contributed by atoms with Crippen molar-refractivity contribution in [3.8, 4) is 5.75 Å². The molecule has 0 aliphatic heterocycles. The molecule has 0 radical (unpaired) electrons. The summed E-state index contributed by atoms with van der Waals surface area (Å²) >= 11 is 0. The van der Waals surface area contributed by atoms with Crippen molar-refractivity contribution in [3.63, 3.8) is 0 Å². The number of hydrogen-bond donors (Lipinski definition) is 2. The Hall–Kier alpha value is -3.61. The zero-order valence-electron chi connectivity index (χ0n) is 13.8. The van der Waals surface area contributed by atoms with E-state index in [-0.39, 0.29) is 5.69 Å². The van der Waals surface area contributed by atoms with E-state index in [0.717, 1.165) is 16.5 Å². The number of hydrogen-bond acceptors (Lipinski definition) is 5. The SMILES string of the molecule is Nc1cncn(C(C(=O)O)c2ccc(OCc3ccccc3)cc2)c1=O. The zero-order chi connectivity index (χ0) is 18.5. The van der Waals surface area contributed by atoms with E-state index in [2.05, 4.69) is 4.98 Å². The van der Waals surface area contributed by atoms with Gasteiger partial charge in [-0.1, -0.05) is 42.5 Å². The molecule has 0 spiro atoms. The van der Waals surface area contributed by atoms with Gasteiger partial charge >= 0.3 is 5.97 Å². The van der Waals surface area contributed by atoms with Crippen LogP contribution in [-0.4, -0.2) is 20.6 Å². The number of rotatable bonds is 6. The highest BCUT2D eigenvalue weighted by molar-refractivity contribution is 5.76. The highest BCUT2D eigenvalue weighted by atomic mass is 16.5. The van der Waals surface area contributed by atoms with E-state index in [0.29, 0.717) is 17.9 Å². The lowest BCUT2D eigenvalue weighted by molar-refractivity contribution is -0.139. The third kappa shape index (κ3) is 3.72. The Morgan fingerprint density at radius 1 is 1.15 bits per heavy atom. The van der Waals surface area contributed by atoms with Gasteiger partial charge in [0.1, 0.15) is 18.0 Å². The third-order valence-corrected chi connectivity index (χ3v) is 3.84. The Labute approximate surface area is 149 Å². The molecule has 7 nitrogen and oxygen atoms in total. The average Bonchev–Trinajstić information content (AvgIpc) is 2.65. The van der Waals surface area contributed by atoms with Crippen molar-refractivity contribution in [2.75, 3.05) is 5.73 Å². The van der Waals surface area contributed by atoms with Gasteiger partial charge in [0.05, 0.1) is 12.5 Å². The Kier molecular flexibility index (Phi) is 4.98. The van der Waals surface area contributed by atoms with Crippen molar-refractivity contribution in [3.05, 3.63) is 88.6 Å². The summed E-state index contributed by atoms with van der Waals surface area (Å²) in [5.41, 5.74) is 6.28. The van der Waals surface area contributed by atoms with Crippen LogP contribution in [0.15, 0.2) is 71.9 Å². The topological polar surface area (TPSA) is 107 Å². The van der Waals surface area contributed by atoms with Crippen molar-refractivity contribution < 1.29 is 14.6 Å². The molecule has 1 heterocycles. The lowest BCUT2D eigenvalue weighted by Crippen LogP contribution is -2.32. The fourth-order valence-electron chi connectivity index (χ4n) is 2.54. The van der Waals surface area contributed by atoms with Crippen LogP contribution >= 0.6 is 0 Å². The van der Waals surface area contributed by atoms with Gasteiger partial charge in [-0.25, -0.2) is 9.78 Å². The van der Waals surface area contributed by atoms with Crippen molar-refractivity contribution in [1.82, 2.24) is 9.55 Å².